The second kappa shape index (κ2) is 13.2. The second-order valence-corrected chi connectivity index (χ2v) is 10.5. The highest BCUT2D eigenvalue weighted by atomic mass is 19.4. The lowest BCUT2D eigenvalue weighted by atomic mass is 10.1. The van der Waals surface area contributed by atoms with E-state index in [4.69, 9.17) is 5.73 Å². The van der Waals surface area contributed by atoms with Gasteiger partial charge < -0.3 is 5.73 Å². The van der Waals surface area contributed by atoms with E-state index < -0.39 is 35.8 Å². The SMILES string of the molecule is Cc1cc(-c2cnc(C(F)(F)F)nc2)cc(CN)n1.Cc1cc(-c2cnc(C(F)(F)F)nc2)cc(CN2C(=O)c3ccccc3C2=O)n1. The van der Waals surface area contributed by atoms with Crippen LogP contribution in [0.4, 0.5) is 26.3 Å². The molecule has 16 heteroatoms. The fraction of sp³-hybridized carbons (Fsp3) is 0.188. The molecular formula is C32H24F6N8O2. The van der Waals surface area contributed by atoms with Crippen LogP contribution < -0.4 is 5.73 Å². The van der Waals surface area contributed by atoms with Crippen LogP contribution in [0.5, 0.6) is 0 Å². The van der Waals surface area contributed by atoms with Crippen molar-refractivity contribution < 1.29 is 35.9 Å². The Morgan fingerprint density at radius 3 is 1.42 bits per heavy atom. The summed E-state index contributed by atoms with van der Waals surface area (Å²) in [6, 6.07) is 13.3. The first-order chi connectivity index (χ1) is 22.6. The van der Waals surface area contributed by atoms with Gasteiger partial charge in [0.05, 0.1) is 29.1 Å². The van der Waals surface area contributed by atoms with Gasteiger partial charge in [-0.2, -0.15) is 26.3 Å². The number of nitrogens with two attached hydrogens (primary N) is 1. The zero-order valence-corrected chi connectivity index (χ0v) is 25.1. The lowest BCUT2D eigenvalue weighted by molar-refractivity contribution is -0.145. The van der Waals surface area contributed by atoms with Gasteiger partial charge in [-0.15, -0.1) is 0 Å². The predicted octanol–water partition coefficient (Wildman–Crippen LogP) is 5.99. The minimum absolute atomic E-state index is 0.0531. The van der Waals surface area contributed by atoms with E-state index in [9.17, 15) is 35.9 Å². The monoisotopic (exact) mass is 666 g/mol. The molecule has 4 aromatic heterocycles. The number of pyridine rings is 2. The molecule has 2 amide bonds. The van der Waals surface area contributed by atoms with E-state index >= 15 is 0 Å². The number of benzene rings is 1. The molecule has 48 heavy (non-hydrogen) atoms. The van der Waals surface area contributed by atoms with E-state index in [0.717, 1.165) is 35.4 Å². The molecule has 0 bridgehead atoms. The maximum Gasteiger partial charge on any atom is 0.451 e. The van der Waals surface area contributed by atoms with Crippen LogP contribution in [0.2, 0.25) is 0 Å². The summed E-state index contributed by atoms with van der Waals surface area (Å²) >= 11 is 0. The summed E-state index contributed by atoms with van der Waals surface area (Å²) in [7, 11) is 0. The van der Waals surface area contributed by atoms with Crippen molar-refractivity contribution in [2.75, 3.05) is 0 Å². The van der Waals surface area contributed by atoms with E-state index in [1.807, 2.05) is 0 Å². The molecule has 1 aromatic carbocycles. The largest absolute Gasteiger partial charge is 0.451 e. The zero-order chi connectivity index (χ0) is 34.8. The number of hydrogen-bond acceptors (Lipinski definition) is 9. The number of rotatable bonds is 5. The Morgan fingerprint density at radius 2 is 1.02 bits per heavy atom. The van der Waals surface area contributed by atoms with Crippen molar-refractivity contribution in [3.63, 3.8) is 0 Å². The number of carbonyl (C=O) groups is 2. The van der Waals surface area contributed by atoms with Crippen molar-refractivity contribution in [3.05, 3.63) is 119 Å². The molecule has 5 heterocycles. The van der Waals surface area contributed by atoms with E-state index in [0.29, 0.717) is 50.5 Å². The average molecular weight is 667 g/mol. The molecule has 0 spiro atoms. The Morgan fingerprint density at radius 1 is 0.625 bits per heavy atom. The minimum Gasteiger partial charge on any atom is -0.325 e. The lowest BCUT2D eigenvalue weighted by Gasteiger charge is -2.15. The topological polar surface area (TPSA) is 141 Å². The van der Waals surface area contributed by atoms with Crippen molar-refractivity contribution >= 4 is 11.8 Å². The fourth-order valence-electron chi connectivity index (χ4n) is 4.79. The molecule has 0 fully saturated rings. The number of fused-ring (bicyclic) bond motifs is 1. The molecule has 0 atom stereocenters. The molecule has 5 aromatic rings. The maximum absolute atomic E-state index is 12.7. The van der Waals surface area contributed by atoms with Gasteiger partial charge >= 0.3 is 12.4 Å². The highest BCUT2D eigenvalue weighted by Crippen LogP contribution is 2.29. The van der Waals surface area contributed by atoms with Gasteiger partial charge in [-0.3, -0.25) is 24.5 Å². The first-order valence-corrected chi connectivity index (χ1v) is 14.0. The Hall–Kier alpha value is -5.64. The zero-order valence-electron chi connectivity index (χ0n) is 25.1. The molecule has 0 radical (unpaired) electrons. The third kappa shape index (κ3) is 7.49. The molecule has 0 saturated carbocycles. The lowest BCUT2D eigenvalue weighted by Crippen LogP contribution is -2.29. The van der Waals surface area contributed by atoms with Crippen LogP contribution in [0, 0.1) is 13.8 Å². The maximum atomic E-state index is 12.7. The number of aryl methyl sites for hydroxylation is 2. The number of hydrogen-bond donors (Lipinski definition) is 1. The summed E-state index contributed by atoms with van der Waals surface area (Å²) in [6.07, 6.45) is -4.71. The summed E-state index contributed by atoms with van der Waals surface area (Å²) in [4.78, 5) is 48.1. The smallest absolute Gasteiger partial charge is 0.325 e. The van der Waals surface area contributed by atoms with Gasteiger partial charge in [0.15, 0.2) is 0 Å². The fourth-order valence-corrected chi connectivity index (χ4v) is 4.79. The van der Waals surface area contributed by atoms with Crippen LogP contribution in [-0.2, 0) is 25.4 Å². The van der Waals surface area contributed by atoms with E-state index in [1.165, 1.54) is 0 Å². The molecular weight excluding hydrogens is 642 g/mol. The van der Waals surface area contributed by atoms with Gasteiger partial charge in [-0.25, -0.2) is 19.9 Å². The third-order valence-electron chi connectivity index (χ3n) is 6.90. The number of nitrogens with zero attached hydrogens (tertiary/aromatic N) is 7. The van der Waals surface area contributed by atoms with Crippen LogP contribution in [-0.4, -0.2) is 46.6 Å². The van der Waals surface area contributed by atoms with Crippen molar-refractivity contribution in [2.45, 2.75) is 39.3 Å². The standard InChI is InChI=1S/C20H13F3N4O2.C12H11F3N4/c1-11-6-12(13-8-24-19(25-9-13)20(21,22)23)7-14(26-11)10-27-17(28)15-4-2-3-5-16(15)18(27)29;1-7-2-8(3-10(4-16)19-7)9-5-17-11(18-6-9)12(13,14)15/h2-9H,10H2,1H3;2-3,5-6H,4,16H2,1H3. The molecule has 0 saturated heterocycles. The van der Waals surface area contributed by atoms with Crippen LogP contribution in [0.15, 0.2) is 73.3 Å². The molecule has 0 aliphatic carbocycles. The van der Waals surface area contributed by atoms with Crippen LogP contribution >= 0.6 is 0 Å². The number of carbonyl (C=O) groups excluding carboxylic acids is 2. The van der Waals surface area contributed by atoms with Gasteiger partial charge in [-0.1, -0.05) is 12.1 Å². The highest BCUT2D eigenvalue weighted by molar-refractivity contribution is 6.21. The summed E-state index contributed by atoms with van der Waals surface area (Å²) in [5, 5.41) is 0. The Balaban J connectivity index is 0.000000206. The molecule has 1 aliphatic heterocycles. The molecule has 10 nitrogen and oxygen atoms in total. The van der Waals surface area contributed by atoms with Gasteiger partial charge in [0.1, 0.15) is 0 Å². The molecule has 246 valence electrons. The first-order valence-electron chi connectivity index (χ1n) is 14.0. The Kier molecular flexibility index (Phi) is 9.29. The van der Waals surface area contributed by atoms with Crippen LogP contribution in [0.1, 0.15) is 55.1 Å². The van der Waals surface area contributed by atoms with Gasteiger partial charge in [0, 0.05) is 53.8 Å². The van der Waals surface area contributed by atoms with Crippen molar-refractivity contribution in [3.8, 4) is 22.3 Å². The van der Waals surface area contributed by atoms with Gasteiger partial charge in [0.25, 0.3) is 11.8 Å². The number of aromatic nitrogens is 6. The van der Waals surface area contributed by atoms with Crippen molar-refractivity contribution in [1.29, 1.82) is 0 Å². The van der Waals surface area contributed by atoms with E-state index in [2.05, 4.69) is 29.9 Å². The number of halogens is 6. The van der Waals surface area contributed by atoms with Crippen molar-refractivity contribution in [2.24, 2.45) is 5.73 Å². The minimum atomic E-state index is -4.62. The Labute approximate surface area is 268 Å². The summed E-state index contributed by atoms with van der Waals surface area (Å²) < 4.78 is 75.0. The first kappa shape index (κ1) is 33.7. The van der Waals surface area contributed by atoms with Gasteiger partial charge in [0.2, 0.25) is 11.6 Å². The molecule has 1 aliphatic rings. The third-order valence-corrected chi connectivity index (χ3v) is 6.90. The highest BCUT2D eigenvalue weighted by Gasteiger charge is 2.36. The number of amides is 2. The van der Waals surface area contributed by atoms with Crippen LogP contribution in [0.25, 0.3) is 22.3 Å². The summed E-state index contributed by atoms with van der Waals surface area (Å²) in [5.74, 6) is -3.19. The second-order valence-electron chi connectivity index (χ2n) is 10.5. The van der Waals surface area contributed by atoms with E-state index in [1.54, 1.807) is 62.4 Å². The normalized spacial score (nSPS) is 12.9. The van der Waals surface area contributed by atoms with Crippen LogP contribution in [0.3, 0.4) is 0 Å². The molecule has 6 rings (SSSR count). The molecule has 0 unspecified atom stereocenters. The predicted molar refractivity (Wildman–Crippen MR) is 159 cm³/mol. The average Bonchev–Trinajstić information content (AvgIpc) is 3.28. The number of alkyl halides is 6. The quantitative estimate of drug-likeness (QED) is 0.177. The summed E-state index contributed by atoms with van der Waals surface area (Å²) in [6.45, 7) is 3.70. The molecule has 2 N–H and O–H groups in total. The van der Waals surface area contributed by atoms with E-state index in [-0.39, 0.29) is 13.1 Å². The summed E-state index contributed by atoms with van der Waals surface area (Å²) in [5.41, 5.74) is 10.7. The van der Waals surface area contributed by atoms with Crippen molar-refractivity contribution in [1.82, 2.24) is 34.8 Å². The number of imide groups is 1. The Bertz CT molecular complexity index is 1950. The van der Waals surface area contributed by atoms with Gasteiger partial charge in [-0.05, 0) is 61.4 Å².